The fourth-order valence-corrected chi connectivity index (χ4v) is 3.38. The van der Waals surface area contributed by atoms with E-state index < -0.39 is 0 Å². The standard InChI is InChI=1S/C19H26N2O2/c22-18(12-15-6-2-1-3-7-15)21-14-16-10-11-20-19(13-16)23-17-8-4-5-9-17/h10-13,17H,1-9,14H2,(H,21,22). The van der Waals surface area contributed by atoms with E-state index in [0.29, 0.717) is 18.5 Å². The summed E-state index contributed by atoms with van der Waals surface area (Å²) in [6.45, 7) is 0.520. The highest BCUT2D eigenvalue weighted by Gasteiger charge is 2.17. The molecular formula is C19H26N2O2. The average Bonchev–Trinajstić information content (AvgIpc) is 3.07. The van der Waals surface area contributed by atoms with E-state index in [9.17, 15) is 4.79 Å². The molecule has 2 fully saturated rings. The largest absolute Gasteiger partial charge is 0.474 e. The van der Waals surface area contributed by atoms with Crippen LogP contribution < -0.4 is 10.1 Å². The van der Waals surface area contributed by atoms with E-state index >= 15 is 0 Å². The van der Waals surface area contributed by atoms with Crippen LogP contribution in [0.3, 0.4) is 0 Å². The van der Waals surface area contributed by atoms with Crippen LogP contribution in [0.15, 0.2) is 30.0 Å². The normalized spacial score (nSPS) is 18.7. The van der Waals surface area contributed by atoms with Gasteiger partial charge >= 0.3 is 0 Å². The van der Waals surface area contributed by atoms with Crippen LogP contribution in [0.1, 0.15) is 63.4 Å². The van der Waals surface area contributed by atoms with Crippen molar-refractivity contribution in [3.05, 3.63) is 35.5 Å². The van der Waals surface area contributed by atoms with Crippen molar-refractivity contribution in [2.75, 3.05) is 0 Å². The number of amides is 1. The number of carbonyl (C=O) groups is 1. The monoisotopic (exact) mass is 314 g/mol. The van der Waals surface area contributed by atoms with E-state index in [1.165, 1.54) is 37.7 Å². The summed E-state index contributed by atoms with van der Waals surface area (Å²) >= 11 is 0. The highest BCUT2D eigenvalue weighted by atomic mass is 16.5. The molecule has 1 aromatic rings. The van der Waals surface area contributed by atoms with Gasteiger partial charge < -0.3 is 10.1 Å². The van der Waals surface area contributed by atoms with Crippen LogP contribution in [-0.2, 0) is 11.3 Å². The number of rotatable bonds is 5. The molecule has 0 atom stereocenters. The molecule has 23 heavy (non-hydrogen) atoms. The lowest BCUT2D eigenvalue weighted by Crippen LogP contribution is -2.21. The lowest BCUT2D eigenvalue weighted by Gasteiger charge is -2.14. The van der Waals surface area contributed by atoms with Crippen molar-refractivity contribution in [3.8, 4) is 5.88 Å². The minimum absolute atomic E-state index is 0.0111. The number of allylic oxidation sites excluding steroid dienone is 1. The second-order valence-corrected chi connectivity index (χ2v) is 6.61. The number of carbonyl (C=O) groups excluding carboxylic acids is 1. The molecule has 0 spiro atoms. The minimum atomic E-state index is 0.0111. The Kier molecular flexibility index (Phi) is 5.67. The number of hydrogen-bond acceptors (Lipinski definition) is 3. The van der Waals surface area contributed by atoms with Crippen LogP contribution >= 0.6 is 0 Å². The van der Waals surface area contributed by atoms with Crippen LogP contribution in [0, 0.1) is 0 Å². The van der Waals surface area contributed by atoms with Gasteiger partial charge in [-0.1, -0.05) is 12.0 Å². The van der Waals surface area contributed by atoms with Crippen molar-refractivity contribution in [1.29, 1.82) is 0 Å². The maximum atomic E-state index is 12.0. The molecule has 1 heterocycles. The summed E-state index contributed by atoms with van der Waals surface area (Å²) in [6, 6.07) is 3.86. The van der Waals surface area contributed by atoms with Crippen molar-refractivity contribution < 1.29 is 9.53 Å². The van der Waals surface area contributed by atoms with E-state index in [2.05, 4.69) is 10.3 Å². The first-order valence-corrected chi connectivity index (χ1v) is 8.88. The summed E-state index contributed by atoms with van der Waals surface area (Å²) in [5, 5.41) is 2.97. The maximum Gasteiger partial charge on any atom is 0.244 e. The molecule has 1 amide bonds. The zero-order valence-corrected chi connectivity index (χ0v) is 13.7. The van der Waals surface area contributed by atoms with E-state index in [4.69, 9.17) is 4.74 Å². The molecule has 2 saturated carbocycles. The van der Waals surface area contributed by atoms with Crippen molar-refractivity contribution in [2.24, 2.45) is 0 Å². The summed E-state index contributed by atoms with van der Waals surface area (Å²) < 4.78 is 5.91. The Labute approximate surface area is 138 Å². The highest BCUT2D eigenvalue weighted by molar-refractivity contribution is 5.88. The van der Waals surface area contributed by atoms with Gasteiger partial charge in [-0.2, -0.15) is 0 Å². The molecule has 2 aliphatic carbocycles. The van der Waals surface area contributed by atoms with E-state index in [1.54, 1.807) is 12.3 Å². The molecule has 4 heteroatoms. The molecule has 0 saturated heterocycles. The molecule has 1 N–H and O–H groups in total. The highest BCUT2D eigenvalue weighted by Crippen LogP contribution is 2.23. The number of pyridine rings is 1. The Bertz CT molecular complexity index is 554. The second-order valence-electron chi connectivity index (χ2n) is 6.61. The number of ether oxygens (including phenoxy) is 1. The SMILES string of the molecule is O=C(C=C1CCCCC1)NCc1ccnc(OC2CCCC2)c1. The molecule has 0 radical (unpaired) electrons. The fraction of sp³-hybridized carbons (Fsp3) is 0.579. The number of aromatic nitrogens is 1. The minimum Gasteiger partial charge on any atom is -0.474 e. The quantitative estimate of drug-likeness (QED) is 0.838. The summed E-state index contributed by atoms with van der Waals surface area (Å²) in [4.78, 5) is 16.3. The Balaban J connectivity index is 1.50. The summed E-state index contributed by atoms with van der Waals surface area (Å²) in [7, 11) is 0. The first-order valence-electron chi connectivity index (χ1n) is 8.88. The predicted octanol–water partition coefficient (Wildman–Crippen LogP) is 3.91. The zero-order valence-electron chi connectivity index (χ0n) is 13.7. The van der Waals surface area contributed by atoms with Gasteiger partial charge in [0, 0.05) is 24.9 Å². The van der Waals surface area contributed by atoms with Crippen molar-refractivity contribution >= 4 is 5.91 Å². The van der Waals surface area contributed by atoms with Gasteiger partial charge in [-0.3, -0.25) is 4.79 Å². The molecule has 3 rings (SSSR count). The Morgan fingerprint density at radius 2 is 2.00 bits per heavy atom. The Morgan fingerprint density at radius 3 is 2.78 bits per heavy atom. The Hall–Kier alpha value is -1.84. The van der Waals surface area contributed by atoms with Crippen LogP contribution in [0.5, 0.6) is 5.88 Å². The van der Waals surface area contributed by atoms with Gasteiger partial charge in [0.2, 0.25) is 11.8 Å². The van der Waals surface area contributed by atoms with Gasteiger partial charge in [0.25, 0.3) is 0 Å². The first-order chi connectivity index (χ1) is 11.3. The summed E-state index contributed by atoms with van der Waals surface area (Å²) in [6.07, 6.45) is 14.4. The molecule has 124 valence electrons. The van der Waals surface area contributed by atoms with Crippen LogP contribution in [-0.4, -0.2) is 17.0 Å². The first kappa shape index (κ1) is 16.0. The third-order valence-electron chi connectivity index (χ3n) is 4.69. The third-order valence-corrected chi connectivity index (χ3v) is 4.69. The van der Waals surface area contributed by atoms with Gasteiger partial charge in [0.15, 0.2) is 0 Å². The van der Waals surface area contributed by atoms with E-state index in [1.807, 2.05) is 12.1 Å². The maximum absolute atomic E-state index is 12.0. The van der Waals surface area contributed by atoms with Gasteiger partial charge in [0.1, 0.15) is 6.10 Å². The van der Waals surface area contributed by atoms with Crippen molar-refractivity contribution in [2.45, 2.75) is 70.4 Å². The van der Waals surface area contributed by atoms with Gasteiger partial charge in [-0.15, -0.1) is 0 Å². The van der Waals surface area contributed by atoms with Gasteiger partial charge in [-0.05, 0) is 63.0 Å². The fourth-order valence-electron chi connectivity index (χ4n) is 3.38. The molecular weight excluding hydrogens is 288 g/mol. The zero-order chi connectivity index (χ0) is 15.9. The third kappa shape index (κ3) is 5.08. The lowest BCUT2D eigenvalue weighted by molar-refractivity contribution is -0.116. The average molecular weight is 314 g/mol. The lowest BCUT2D eigenvalue weighted by atomic mass is 9.94. The summed E-state index contributed by atoms with van der Waals surface area (Å²) in [5.41, 5.74) is 2.32. The van der Waals surface area contributed by atoms with Crippen LogP contribution in [0.2, 0.25) is 0 Å². The van der Waals surface area contributed by atoms with Crippen molar-refractivity contribution in [1.82, 2.24) is 10.3 Å². The number of hydrogen-bond donors (Lipinski definition) is 1. The number of nitrogens with one attached hydrogen (secondary N) is 1. The molecule has 0 aromatic carbocycles. The van der Waals surface area contributed by atoms with E-state index in [-0.39, 0.29) is 5.91 Å². The second kappa shape index (κ2) is 8.14. The molecule has 0 bridgehead atoms. The smallest absolute Gasteiger partial charge is 0.244 e. The molecule has 4 nitrogen and oxygen atoms in total. The van der Waals surface area contributed by atoms with Crippen molar-refractivity contribution in [3.63, 3.8) is 0 Å². The number of nitrogens with zero attached hydrogens (tertiary/aromatic N) is 1. The summed E-state index contributed by atoms with van der Waals surface area (Å²) in [5.74, 6) is 0.686. The van der Waals surface area contributed by atoms with E-state index in [0.717, 1.165) is 31.2 Å². The van der Waals surface area contributed by atoms with Gasteiger partial charge in [-0.25, -0.2) is 4.98 Å². The van der Waals surface area contributed by atoms with Gasteiger partial charge in [0.05, 0.1) is 0 Å². The van der Waals surface area contributed by atoms with Crippen LogP contribution in [0.4, 0.5) is 0 Å². The predicted molar refractivity (Wildman–Crippen MR) is 90.1 cm³/mol. The van der Waals surface area contributed by atoms with Crippen LogP contribution in [0.25, 0.3) is 0 Å². The molecule has 0 unspecified atom stereocenters. The topological polar surface area (TPSA) is 51.2 Å². The molecule has 2 aliphatic rings. The molecule has 0 aliphatic heterocycles. The molecule has 1 aromatic heterocycles. The Morgan fingerprint density at radius 1 is 1.22 bits per heavy atom.